The third-order valence-electron chi connectivity index (χ3n) is 3.74. The third-order valence-corrected chi connectivity index (χ3v) is 3.74. The fourth-order valence-corrected chi connectivity index (χ4v) is 2.29. The molecule has 0 aromatic heterocycles. The number of aromatic hydroxyl groups is 1. The lowest BCUT2D eigenvalue weighted by Crippen LogP contribution is -2.34. The van der Waals surface area contributed by atoms with Gasteiger partial charge in [0.05, 0.1) is 5.69 Å². The molecule has 1 aromatic rings. The Morgan fingerprint density at radius 2 is 1.81 bits per heavy atom. The number of benzene rings is 1. The van der Waals surface area contributed by atoms with Gasteiger partial charge in [0.1, 0.15) is 5.75 Å². The van der Waals surface area contributed by atoms with E-state index in [2.05, 4.69) is 18.7 Å². The molecule has 1 rings (SSSR count). The molecule has 21 heavy (non-hydrogen) atoms. The van der Waals surface area contributed by atoms with Crippen molar-refractivity contribution >= 4 is 11.6 Å². The number of nitrogens with two attached hydrogens (primary N) is 1. The van der Waals surface area contributed by atoms with Crippen LogP contribution in [0.5, 0.6) is 5.75 Å². The maximum atomic E-state index is 12.4. The molecule has 0 bridgehead atoms. The van der Waals surface area contributed by atoms with E-state index in [0.29, 0.717) is 12.1 Å². The van der Waals surface area contributed by atoms with Crippen molar-refractivity contribution < 1.29 is 9.90 Å². The van der Waals surface area contributed by atoms with Crippen molar-refractivity contribution in [3.05, 3.63) is 23.8 Å². The lowest BCUT2D eigenvalue weighted by molar-refractivity contribution is 0.0757. The van der Waals surface area contributed by atoms with E-state index >= 15 is 0 Å². The first kappa shape index (κ1) is 17.3. The Balaban J connectivity index is 2.62. The molecule has 0 aliphatic carbocycles. The number of carbonyl (C=O) groups is 1. The van der Waals surface area contributed by atoms with E-state index in [9.17, 15) is 9.90 Å². The van der Waals surface area contributed by atoms with Crippen LogP contribution in [0.1, 0.15) is 37.6 Å². The molecule has 0 saturated heterocycles. The molecule has 0 saturated carbocycles. The van der Waals surface area contributed by atoms with Gasteiger partial charge in [0.15, 0.2) is 0 Å². The summed E-state index contributed by atoms with van der Waals surface area (Å²) in [5, 5.41) is 9.61. The van der Waals surface area contributed by atoms with Crippen molar-refractivity contribution in [3.8, 4) is 5.75 Å². The van der Waals surface area contributed by atoms with Crippen LogP contribution in [0, 0.1) is 0 Å². The largest absolute Gasteiger partial charge is 0.506 e. The van der Waals surface area contributed by atoms with Gasteiger partial charge in [0.25, 0.3) is 5.91 Å². The highest BCUT2D eigenvalue weighted by atomic mass is 16.3. The molecule has 1 amide bonds. The van der Waals surface area contributed by atoms with Gasteiger partial charge in [-0.25, -0.2) is 0 Å². The molecular formula is C16H27N3O2. The predicted molar refractivity (Wildman–Crippen MR) is 86.5 cm³/mol. The normalized spacial score (nSPS) is 10.9. The van der Waals surface area contributed by atoms with Gasteiger partial charge in [-0.1, -0.05) is 13.8 Å². The molecule has 118 valence electrons. The molecule has 0 fully saturated rings. The average Bonchev–Trinajstić information content (AvgIpc) is 2.50. The van der Waals surface area contributed by atoms with E-state index in [1.54, 1.807) is 17.0 Å². The Hall–Kier alpha value is -1.75. The number of amides is 1. The molecule has 0 spiro atoms. The van der Waals surface area contributed by atoms with Crippen LogP contribution in [0.4, 0.5) is 5.69 Å². The fraction of sp³-hybridized carbons (Fsp3) is 0.562. The second kappa shape index (κ2) is 8.52. The maximum Gasteiger partial charge on any atom is 0.253 e. The molecule has 5 nitrogen and oxygen atoms in total. The molecule has 0 heterocycles. The number of hydrogen-bond donors (Lipinski definition) is 2. The number of phenols is 1. The fourth-order valence-electron chi connectivity index (χ4n) is 2.29. The summed E-state index contributed by atoms with van der Waals surface area (Å²) in [5.74, 6) is -0.104. The zero-order valence-electron chi connectivity index (χ0n) is 13.3. The van der Waals surface area contributed by atoms with E-state index in [1.165, 1.54) is 6.07 Å². The predicted octanol–water partition coefficient (Wildman–Crippen LogP) is 2.17. The molecule has 3 N–H and O–H groups in total. The van der Waals surface area contributed by atoms with Crippen LogP contribution in [-0.4, -0.2) is 53.5 Å². The second-order valence-corrected chi connectivity index (χ2v) is 5.04. The monoisotopic (exact) mass is 293 g/mol. The van der Waals surface area contributed by atoms with Gasteiger partial charge >= 0.3 is 0 Å². The van der Waals surface area contributed by atoms with Crippen molar-refractivity contribution in [2.75, 3.05) is 38.5 Å². The van der Waals surface area contributed by atoms with Crippen LogP contribution in [0.3, 0.4) is 0 Å². The van der Waals surface area contributed by atoms with Gasteiger partial charge in [-0.2, -0.15) is 0 Å². The van der Waals surface area contributed by atoms with E-state index in [1.807, 2.05) is 6.92 Å². The second-order valence-electron chi connectivity index (χ2n) is 5.04. The lowest BCUT2D eigenvalue weighted by atomic mass is 10.1. The van der Waals surface area contributed by atoms with Crippen LogP contribution in [0.15, 0.2) is 18.2 Å². The first-order valence-corrected chi connectivity index (χ1v) is 7.63. The summed E-state index contributed by atoms with van der Waals surface area (Å²) in [6.45, 7) is 10.7. The summed E-state index contributed by atoms with van der Waals surface area (Å²) in [7, 11) is 0. The van der Waals surface area contributed by atoms with Crippen LogP contribution >= 0.6 is 0 Å². The van der Waals surface area contributed by atoms with Crippen LogP contribution in [0.2, 0.25) is 0 Å². The van der Waals surface area contributed by atoms with Crippen LogP contribution in [0.25, 0.3) is 0 Å². The van der Waals surface area contributed by atoms with Crippen molar-refractivity contribution in [2.24, 2.45) is 0 Å². The van der Waals surface area contributed by atoms with Crippen LogP contribution in [-0.2, 0) is 0 Å². The molecular weight excluding hydrogens is 266 g/mol. The van der Waals surface area contributed by atoms with Crippen molar-refractivity contribution in [3.63, 3.8) is 0 Å². The Morgan fingerprint density at radius 3 is 2.33 bits per heavy atom. The number of nitrogen functional groups attached to an aromatic ring is 1. The number of phenolic OH excluding ortho intramolecular Hbond substituents is 1. The third kappa shape index (κ3) is 4.93. The van der Waals surface area contributed by atoms with Gasteiger partial charge in [-0.15, -0.1) is 0 Å². The van der Waals surface area contributed by atoms with Crippen molar-refractivity contribution in [2.45, 2.75) is 27.2 Å². The topological polar surface area (TPSA) is 69.8 Å². The first-order chi connectivity index (χ1) is 10.0. The molecule has 0 aliphatic heterocycles. The number of carbonyl (C=O) groups excluding carboxylic acids is 1. The average molecular weight is 293 g/mol. The number of hydrogen-bond acceptors (Lipinski definition) is 4. The Morgan fingerprint density at radius 1 is 1.14 bits per heavy atom. The molecule has 0 radical (unpaired) electrons. The highest BCUT2D eigenvalue weighted by Crippen LogP contribution is 2.21. The van der Waals surface area contributed by atoms with Crippen molar-refractivity contribution in [1.29, 1.82) is 0 Å². The van der Waals surface area contributed by atoms with E-state index in [4.69, 9.17) is 5.73 Å². The molecule has 0 unspecified atom stereocenters. The molecule has 5 heteroatoms. The Kier molecular flexibility index (Phi) is 7.02. The highest BCUT2D eigenvalue weighted by Gasteiger charge is 2.15. The van der Waals surface area contributed by atoms with Gasteiger partial charge < -0.3 is 20.6 Å². The Labute approximate surface area is 127 Å². The smallest absolute Gasteiger partial charge is 0.253 e. The maximum absolute atomic E-state index is 12.4. The van der Waals surface area contributed by atoms with Gasteiger partial charge in [0.2, 0.25) is 0 Å². The summed E-state index contributed by atoms with van der Waals surface area (Å²) in [6, 6.07) is 4.65. The summed E-state index contributed by atoms with van der Waals surface area (Å²) in [4.78, 5) is 16.6. The summed E-state index contributed by atoms with van der Waals surface area (Å²) < 4.78 is 0. The minimum Gasteiger partial charge on any atom is -0.506 e. The Bertz CT molecular complexity index is 459. The number of nitrogens with zero attached hydrogens (tertiary/aromatic N) is 2. The van der Waals surface area contributed by atoms with E-state index in [-0.39, 0.29) is 17.3 Å². The van der Waals surface area contributed by atoms with E-state index in [0.717, 1.165) is 32.6 Å². The number of anilines is 1. The number of rotatable bonds is 8. The van der Waals surface area contributed by atoms with Gasteiger partial charge in [-0.3, -0.25) is 4.79 Å². The zero-order chi connectivity index (χ0) is 15.8. The standard InChI is InChI=1S/C16H27N3O2/c1-4-18(5-2)10-7-11-19(6-3)16(21)13-8-9-14(17)15(20)12-13/h8-9,12,20H,4-7,10-11,17H2,1-3H3. The van der Waals surface area contributed by atoms with Crippen LogP contribution < -0.4 is 5.73 Å². The molecule has 0 aliphatic rings. The minimum atomic E-state index is -0.0626. The van der Waals surface area contributed by atoms with E-state index < -0.39 is 0 Å². The quantitative estimate of drug-likeness (QED) is 0.569. The minimum absolute atomic E-state index is 0.0416. The molecule has 1 aromatic carbocycles. The SMILES string of the molecule is CCN(CC)CCCN(CC)C(=O)c1ccc(N)c(O)c1. The summed E-state index contributed by atoms with van der Waals surface area (Å²) in [5.41, 5.74) is 6.33. The highest BCUT2D eigenvalue weighted by molar-refractivity contribution is 5.95. The first-order valence-electron chi connectivity index (χ1n) is 7.63. The van der Waals surface area contributed by atoms with Gasteiger partial charge in [0, 0.05) is 18.7 Å². The van der Waals surface area contributed by atoms with Gasteiger partial charge in [-0.05, 0) is 51.2 Å². The summed E-state index contributed by atoms with van der Waals surface area (Å²) >= 11 is 0. The zero-order valence-corrected chi connectivity index (χ0v) is 13.3. The molecule has 0 atom stereocenters. The summed E-state index contributed by atoms with van der Waals surface area (Å²) in [6.07, 6.45) is 0.947. The van der Waals surface area contributed by atoms with Crippen molar-refractivity contribution in [1.82, 2.24) is 9.80 Å². The lowest BCUT2D eigenvalue weighted by Gasteiger charge is -2.23.